The molecule has 0 aliphatic heterocycles. The van der Waals surface area contributed by atoms with E-state index in [4.69, 9.17) is 4.74 Å². The zero-order valence-corrected chi connectivity index (χ0v) is 7.06. The molecular weight excluding hydrogens is 156 g/mol. The molecule has 12 heavy (non-hydrogen) atoms. The zero-order chi connectivity index (χ0) is 8.81. The standard InChI is InChI=1S/C8H12N2O2/c1-2-12-8(11)4-7-10-6-3-5-9-10/h3,5-6H,2,4,7H2,1H3. The van der Waals surface area contributed by atoms with Crippen LogP contribution in [0.5, 0.6) is 0 Å². The molecule has 0 bridgehead atoms. The SMILES string of the molecule is CCOC(=O)CCn1cccn1. The van der Waals surface area contributed by atoms with Gasteiger partial charge in [0.1, 0.15) is 0 Å². The van der Waals surface area contributed by atoms with Crippen LogP contribution in [0.15, 0.2) is 18.5 Å². The summed E-state index contributed by atoms with van der Waals surface area (Å²) in [5.74, 6) is -0.173. The van der Waals surface area contributed by atoms with Crippen molar-refractivity contribution in [1.82, 2.24) is 9.78 Å². The van der Waals surface area contributed by atoms with Crippen LogP contribution in [-0.2, 0) is 16.1 Å². The fourth-order valence-electron chi connectivity index (χ4n) is 0.872. The van der Waals surface area contributed by atoms with E-state index >= 15 is 0 Å². The first kappa shape index (κ1) is 8.77. The molecule has 1 heterocycles. The Morgan fingerprint density at radius 3 is 3.08 bits per heavy atom. The number of ether oxygens (including phenoxy) is 1. The molecule has 0 N–H and O–H groups in total. The molecule has 0 saturated carbocycles. The normalized spacial score (nSPS) is 9.75. The predicted molar refractivity (Wildman–Crippen MR) is 43.5 cm³/mol. The van der Waals surface area contributed by atoms with Crippen molar-refractivity contribution in [2.45, 2.75) is 19.9 Å². The molecule has 0 unspecified atom stereocenters. The number of esters is 1. The van der Waals surface area contributed by atoms with E-state index in [1.54, 1.807) is 17.8 Å². The maximum absolute atomic E-state index is 10.9. The van der Waals surface area contributed by atoms with Gasteiger partial charge in [-0.15, -0.1) is 0 Å². The number of hydrogen-bond acceptors (Lipinski definition) is 3. The Balaban J connectivity index is 2.22. The van der Waals surface area contributed by atoms with E-state index in [0.717, 1.165) is 0 Å². The molecular formula is C8H12N2O2. The topological polar surface area (TPSA) is 44.1 Å². The lowest BCUT2D eigenvalue weighted by atomic mass is 10.4. The smallest absolute Gasteiger partial charge is 0.307 e. The van der Waals surface area contributed by atoms with Crippen LogP contribution in [0.1, 0.15) is 13.3 Å². The molecule has 0 aromatic carbocycles. The van der Waals surface area contributed by atoms with Crippen LogP contribution >= 0.6 is 0 Å². The van der Waals surface area contributed by atoms with Gasteiger partial charge in [0.15, 0.2) is 0 Å². The fourth-order valence-corrected chi connectivity index (χ4v) is 0.872. The lowest BCUT2D eigenvalue weighted by molar-refractivity contribution is -0.143. The molecule has 0 saturated heterocycles. The lowest BCUT2D eigenvalue weighted by Crippen LogP contribution is -2.09. The molecule has 0 amide bonds. The summed E-state index contributed by atoms with van der Waals surface area (Å²) in [4.78, 5) is 10.9. The molecule has 0 aliphatic rings. The van der Waals surface area contributed by atoms with Gasteiger partial charge in [-0.25, -0.2) is 0 Å². The number of aryl methyl sites for hydroxylation is 1. The summed E-state index contributed by atoms with van der Waals surface area (Å²) in [6.45, 7) is 2.83. The molecule has 1 aromatic heterocycles. The van der Waals surface area contributed by atoms with Crippen molar-refractivity contribution in [2.24, 2.45) is 0 Å². The molecule has 66 valence electrons. The average molecular weight is 168 g/mol. The fraction of sp³-hybridized carbons (Fsp3) is 0.500. The third-order valence-corrected chi connectivity index (χ3v) is 1.41. The largest absolute Gasteiger partial charge is 0.466 e. The van der Waals surface area contributed by atoms with Crippen molar-refractivity contribution >= 4 is 5.97 Å². The number of nitrogens with zero attached hydrogens (tertiary/aromatic N) is 2. The highest BCUT2D eigenvalue weighted by molar-refractivity contribution is 5.69. The third-order valence-electron chi connectivity index (χ3n) is 1.41. The highest BCUT2D eigenvalue weighted by Gasteiger charge is 2.00. The van der Waals surface area contributed by atoms with Gasteiger partial charge in [-0.05, 0) is 13.0 Å². The van der Waals surface area contributed by atoms with Crippen LogP contribution in [0.4, 0.5) is 0 Å². The molecule has 0 radical (unpaired) electrons. The summed E-state index contributed by atoms with van der Waals surface area (Å²) in [6.07, 6.45) is 3.89. The van der Waals surface area contributed by atoms with E-state index in [9.17, 15) is 4.79 Å². The monoisotopic (exact) mass is 168 g/mol. The first-order valence-electron chi connectivity index (χ1n) is 3.96. The minimum absolute atomic E-state index is 0.173. The first-order valence-corrected chi connectivity index (χ1v) is 3.96. The van der Waals surface area contributed by atoms with Gasteiger partial charge < -0.3 is 4.74 Å². The quantitative estimate of drug-likeness (QED) is 0.625. The summed E-state index contributed by atoms with van der Waals surface area (Å²) in [5, 5.41) is 3.96. The average Bonchev–Trinajstić information content (AvgIpc) is 2.53. The summed E-state index contributed by atoms with van der Waals surface area (Å²) < 4.78 is 6.47. The minimum Gasteiger partial charge on any atom is -0.466 e. The molecule has 4 nitrogen and oxygen atoms in total. The van der Waals surface area contributed by atoms with Gasteiger partial charge in [0.05, 0.1) is 19.6 Å². The Kier molecular flexibility index (Phi) is 3.32. The highest BCUT2D eigenvalue weighted by atomic mass is 16.5. The van der Waals surface area contributed by atoms with E-state index in [2.05, 4.69) is 5.10 Å². The van der Waals surface area contributed by atoms with Crippen molar-refractivity contribution < 1.29 is 9.53 Å². The maximum atomic E-state index is 10.9. The van der Waals surface area contributed by atoms with Crippen molar-refractivity contribution in [1.29, 1.82) is 0 Å². The molecule has 0 fully saturated rings. The molecule has 1 rings (SSSR count). The Hall–Kier alpha value is -1.32. The van der Waals surface area contributed by atoms with Crippen molar-refractivity contribution in [3.8, 4) is 0 Å². The van der Waals surface area contributed by atoms with Gasteiger partial charge in [-0.2, -0.15) is 5.10 Å². The summed E-state index contributed by atoms with van der Waals surface area (Å²) >= 11 is 0. The molecule has 0 spiro atoms. The minimum atomic E-state index is -0.173. The van der Waals surface area contributed by atoms with Crippen molar-refractivity contribution in [3.63, 3.8) is 0 Å². The number of carbonyl (C=O) groups is 1. The van der Waals surface area contributed by atoms with Gasteiger partial charge in [0.2, 0.25) is 0 Å². The zero-order valence-electron chi connectivity index (χ0n) is 7.06. The van der Waals surface area contributed by atoms with Crippen LogP contribution in [0.2, 0.25) is 0 Å². The second kappa shape index (κ2) is 4.54. The number of hydrogen-bond donors (Lipinski definition) is 0. The maximum Gasteiger partial charge on any atom is 0.307 e. The van der Waals surface area contributed by atoms with E-state index in [1.165, 1.54) is 0 Å². The van der Waals surface area contributed by atoms with Gasteiger partial charge in [-0.3, -0.25) is 9.48 Å². The van der Waals surface area contributed by atoms with Crippen LogP contribution in [0, 0.1) is 0 Å². The molecule has 0 atom stereocenters. The van der Waals surface area contributed by atoms with Crippen LogP contribution in [0.3, 0.4) is 0 Å². The Morgan fingerprint density at radius 2 is 2.50 bits per heavy atom. The van der Waals surface area contributed by atoms with Gasteiger partial charge >= 0.3 is 5.97 Å². The number of carbonyl (C=O) groups excluding carboxylic acids is 1. The Morgan fingerprint density at radius 1 is 1.67 bits per heavy atom. The van der Waals surface area contributed by atoms with Crippen LogP contribution in [-0.4, -0.2) is 22.4 Å². The molecule has 4 heteroatoms. The van der Waals surface area contributed by atoms with E-state index < -0.39 is 0 Å². The van der Waals surface area contributed by atoms with Crippen LogP contribution < -0.4 is 0 Å². The van der Waals surface area contributed by atoms with E-state index in [0.29, 0.717) is 19.6 Å². The van der Waals surface area contributed by atoms with Gasteiger partial charge in [0.25, 0.3) is 0 Å². The highest BCUT2D eigenvalue weighted by Crippen LogP contribution is 1.91. The number of rotatable bonds is 4. The van der Waals surface area contributed by atoms with E-state index in [-0.39, 0.29) is 5.97 Å². The second-order valence-electron chi connectivity index (χ2n) is 2.32. The van der Waals surface area contributed by atoms with Crippen molar-refractivity contribution in [2.75, 3.05) is 6.61 Å². The molecule has 1 aromatic rings. The summed E-state index contributed by atoms with van der Waals surface area (Å²) in [7, 11) is 0. The second-order valence-corrected chi connectivity index (χ2v) is 2.32. The number of aromatic nitrogens is 2. The Labute approximate surface area is 71.1 Å². The third kappa shape index (κ3) is 2.74. The van der Waals surface area contributed by atoms with Gasteiger partial charge in [0, 0.05) is 12.4 Å². The van der Waals surface area contributed by atoms with E-state index in [1.807, 2.05) is 12.3 Å². The predicted octanol–water partition coefficient (Wildman–Crippen LogP) is 0.836. The van der Waals surface area contributed by atoms with Crippen LogP contribution in [0.25, 0.3) is 0 Å². The lowest BCUT2D eigenvalue weighted by Gasteiger charge is -2.01. The molecule has 0 aliphatic carbocycles. The van der Waals surface area contributed by atoms with Crippen molar-refractivity contribution in [3.05, 3.63) is 18.5 Å². The Bertz CT molecular complexity index is 231. The summed E-state index contributed by atoms with van der Waals surface area (Å²) in [6, 6.07) is 1.82. The van der Waals surface area contributed by atoms with Gasteiger partial charge in [-0.1, -0.05) is 0 Å². The first-order chi connectivity index (χ1) is 5.83. The summed E-state index contributed by atoms with van der Waals surface area (Å²) in [5.41, 5.74) is 0.